The summed E-state index contributed by atoms with van der Waals surface area (Å²) in [5.41, 5.74) is 3.55. The second-order valence-electron chi connectivity index (χ2n) is 3.87. The molecule has 2 N–H and O–H groups in total. The molecule has 110 valence electrons. The molecule has 0 aliphatic heterocycles. The fourth-order valence-electron chi connectivity index (χ4n) is 1.75. The molecule has 0 bridgehead atoms. The molecule has 20 heavy (non-hydrogen) atoms. The normalized spacial score (nSPS) is 13.2. The van der Waals surface area contributed by atoms with Crippen LogP contribution in [0.15, 0.2) is 16.6 Å². The number of rotatable bonds is 1. The average Bonchev–Trinajstić information content (AvgIpc) is 2.66. The molecule has 0 aliphatic rings. The van der Waals surface area contributed by atoms with Crippen molar-refractivity contribution in [3.63, 3.8) is 0 Å². The number of nitrogens with two attached hydrogens (primary N) is 1. The largest absolute Gasteiger partial charge is 0.449 e. The van der Waals surface area contributed by atoms with E-state index in [4.69, 9.17) is 5.73 Å². The van der Waals surface area contributed by atoms with Crippen LogP contribution in [0.1, 0.15) is 11.4 Å². The van der Waals surface area contributed by atoms with E-state index in [1.54, 1.807) is 0 Å². The molecule has 0 aliphatic carbocycles. The van der Waals surface area contributed by atoms with Gasteiger partial charge in [0, 0.05) is 4.47 Å². The molecule has 2 rings (SSSR count). The number of benzene rings is 1. The predicted molar refractivity (Wildman–Crippen MR) is 61.6 cm³/mol. The molecule has 0 amide bonds. The maximum absolute atomic E-state index is 12.8. The van der Waals surface area contributed by atoms with Crippen LogP contribution in [0.2, 0.25) is 0 Å². The van der Waals surface area contributed by atoms with Crippen molar-refractivity contribution < 1.29 is 26.3 Å². The summed E-state index contributed by atoms with van der Waals surface area (Å²) in [4.78, 5) is 3.32. The molecule has 3 nitrogen and oxygen atoms in total. The third-order valence-electron chi connectivity index (χ3n) is 2.57. The molecular formula is C10H6BrF6N3. The van der Waals surface area contributed by atoms with Gasteiger partial charge in [0.2, 0.25) is 5.82 Å². The lowest BCUT2D eigenvalue weighted by molar-refractivity contribution is -0.146. The van der Waals surface area contributed by atoms with Crippen molar-refractivity contribution in [3.8, 4) is 0 Å². The molecule has 0 unspecified atom stereocenters. The van der Waals surface area contributed by atoms with Crippen molar-refractivity contribution in [2.45, 2.75) is 19.0 Å². The molecule has 1 heterocycles. The van der Waals surface area contributed by atoms with Gasteiger partial charge in [-0.1, -0.05) is 0 Å². The lowest BCUT2D eigenvalue weighted by atomic mass is 10.2. The van der Waals surface area contributed by atoms with Gasteiger partial charge in [-0.25, -0.2) is 4.98 Å². The van der Waals surface area contributed by atoms with E-state index in [0.717, 1.165) is 0 Å². The Morgan fingerprint density at radius 1 is 1.10 bits per heavy atom. The molecule has 0 spiro atoms. The van der Waals surface area contributed by atoms with Crippen molar-refractivity contribution in [2.75, 3.05) is 0 Å². The Bertz CT molecular complexity index is 658. The maximum Gasteiger partial charge on any atom is 0.449 e. The maximum atomic E-state index is 12.8. The summed E-state index contributed by atoms with van der Waals surface area (Å²) in [5, 5.41) is 0. The van der Waals surface area contributed by atoms with Crippen LogP contribution in [0.3, 0.4) is 0 Å². The van der Waals surface area contributed by atoms with Crippen LogP contribution in [-0.2, 0) is 19.0 Å². The Balaban J connectivity index is 2.83. The standard InChI is InChI=1S/C10H6BrF6N3/c11-5-1-4(9(12,13)14)2-6-7(5)19-8(10(15,16)17)20(6)3-18/h1-2H,3,18H2. The zero-order chi connectivity index (χ0) is 15.3. The second-order valence-corrected chi connectivity index (χ2v) is 4.72. The topological polar surface area (TPSA) is 43.8 Å². The van der Waals surface area contributed by atoms with E-state index in [0.29, 0.717) is 16.7 Å². The first-order chi connectivity index (χ1) is 9.05. The van der Waals surface area contributed by atoms with Crippen LogP contribution in [-0.4, -0.2) is 9.55 Å². The predicted octanol–water partition coefficient (Wildman–Crippen LogP) is 3.75. The first-order valence-electron chi connectivity index (χ1n) is 5.10. The number of hydrogen-bond donors (Lipinski definition) is 1. The fraction of sp³-hybridized carbons (Fsp3) is 0.300. The molecule has 1 aromatic carbocycles. The van der Waals surface area contributed by atoms with Gasteiger partial charge in [0.05, 0.1) is 17.7 Å². The van der Waals surface area contributed by atoms with Crippen LogP contribution in [0.5, 0.6) is 0 Å². The van der Waals surface area contributed by atoms with Crippen molar-refractivity contribution in [2.24, 2.45) is 5.73 Å². The molecule has 2 aromatic rings. The van der Waals surface area contributed by atoms with Crippen molar-refractivity contribution in [1.82, 2.24) is 9.55 Å². The molecular weight excluding hydrogens is 356 g/mol. The van der Waals surface area contributed by atoms with Crippen LogP contribution in [0.25, 0.3) is 11.0 Å². The minimum Gasteiger partial charge on any atom is -0.314 e. The second kappa shape index (κ2) is 4.62. The Hall–Kier alpha value is -1.29. The number of hydrogen-bond acceptors (Lipinski definition) is 2. The van der Waals surface area contributed by atoms with Crippen LogP contribution < -0.4 is 5.73 Å². The highest BCUT2D eigenvalue weighted by Gasteiger charge is 2.39. The molecule has 0 atom stereocenters. The van der Waals surface area contributed by atoms with Gasteiger partial charge in [-0.3, -0.25) is 0 Å². The smallest absolute Gasteiger partial charge is 0.314 e. The Morgan fingerprint density at radius 3 is 2.15 bits per heavy atom. The highest BCUT2D eigenvalue weighted by molar-refractivity contribution is 9.10. The van der Waals surface area contributed by atoms with Gasteiger partial charge in [-0.15, -0.1) is 0 Å². The number of aromatic nitrogens is 2. The molecule has 0 radical (unpaired) electrons. The van der Waals surface area contributed by atoms with Crippen LogP contribution in [0.4, 0.5) is 26.3 Å². The van der Waals surface area contributed by atoms with Crippen LogP contribution in [0, 0.1) is 0 Å². The summed E-state index contributed by atoms with van der Waals surface area (Å²) >= 11 is 2.80. The molecule has 0 saturated heterocycles. The lowest BCUT2D eigenvalue weighted by Gasteiger charge is -2.10. The first-order valence-corrected chi connectivity index (χ1v) is 5.89. The highest BCUT2D eigenvalue weighted by atomic mass is 79.9. The number of fused-ring (bicyclic) bond motifs is 1. The van der Waals surface area contributed by atoms with Gasteiger partial charge in [-0.2, -0.15) is 26.3 Å². The summed E-state index contributed by atoms with van der Waals surface area (Å²) in [6, 6.07) is 1.27. The average molecular weight is 362 g/mol. The zero-order valence-corrected chi connectivity index (χ0v) is 11.1. The van der Waals surface area contributed by atoms with Crippen molar-refractivity contribution in [3.05, 3.63) is 28.0 Å². The Kier molecular flexibility index (Phi) is 3.49. The van der Waals surface area contributed by atoms with Crippen molar-refractivity contribution in [1.29, 1.82) is 0 Å². The summed E-state index contributed by atoms with van der Waals surface area (Å²) in [7, 11) is 0. The molecule has 10 heteroatoms. The number of nitrogens with zero attached hydrogens (tertiary/aromatic N) is 2. The van der Waals surface area contributed by atoms with E-state index in [1.807, 2.05) is 0 Å². The Morgan fingerprint density at radius 2 is 1.70 bits per heavy atom. The van der Waals surface area contributed by atoms with Gasteiger partial charge >= 0.3 is 12.4 Å². The Labute approximate surface area is 116 Å². The van der Waals surface area contributed by atoms with E-state index in [1.165, 1.54) is 0 Å². The van der Waals surface area contributed by atoms with Gasteiger partial charge in [-0.05, 0) is 28.1 Å². The summed E-state index contributed by atoms with van der Waals surface area (Å²) < 4.78 is 76.6. The van der Waals surface area contributed by atoms with Gasteiger partial charge < -0.3 is 10.3 Å². The lowest BCUT2D eigenvalue weighted by Crippen LogP contribution is -2.18. The number of imidazole rings is 1. The van der Waals surface area contributed by atoms with E-state index in [-0.39, 0.29) is 15.5 Å². The van der Waals surface area contributed by atoms with Gasteiger partial charge in [0.15, 0.2) is 0 Å². The zero-order valence-electron chi connectivity index (χ0n) is 9.48. The highest BCUT2D eigenvalue weighted by Crippen LogP contribution is 2.38. The molecule has 0 fully saturated rings. The number of alkyl halides is 6. The molecule has 0 saturated carbocycles. The van der Waals surface area contributed by atoms with E-state index < -0.39 is 30.4 Å². The third-order valence-corrected chi connectivity index (χ3v) is 3.18. The summed E-state index contributed by atoms with van der Waals surface area (Å²) in [5.74, 6) is -1.34. The third kappa shape index (κ3) is 2.49. The minimum absolute atomic E-state index is 0.181. The molecule has 1 aromatic heterocycles. The summed E-state index contributed by atoms with van der Waals surface area (Å²) in [6.07, 6.45) is -9.49. The van der Waals surface area contributed by atoms with Crippen molar-refractivity contribution >= 4 is 27.0 Å². The first kappa shape index (κ1) is 15.1. The van der Waals surface area contributed by atoms with E-state index in [2.05, 4.69) is 20.9 Å². The van der Waals surface area contributed by atoms with Gasteiger partial charge in [0.25, 0.3) is 0 Å². The quantitative estimate of drug-likeness (QED) is 0.786. The monoisotopic (exact) mass is 361 g/mol. The van der Waals surface area contributed by atoms with Crippen LogP contribution >= 0.6 is 15.9 Å². The van der Waals surface area contributed by atoms with E-state index >= 15 is 0 Å². The fourth-order valence-corrected chi connectivity index (χ4v) is 2.28. The SMILES string of the molecule is NCn1c(C(F)(F)F)nc2c(Br)cc(C(F)(F)F)cc21. The van der Waals surface area contributed by atoms with E-state index in [9.17, 15) is 26.3 Å². The van der Waals surface area contributed by atoms with Gasteiger partial charge in [0.1, 0.15) is 5.52 Å². The summed E-state index contributed by atoms with van der Waals surface area (Å²) in [6.45, 7) is -0.640. The minimum atomic E-state index is -4.81. The number of halogens is 7.